The summed E-state index contributed by atoms with van der Waals surface area (Å²) in [6.45, 7) is 3.23. The predicted molar refractivity (Wildman–Crippen MR) is 103 cm³/mol. The molecule has 25 heavy (non-hydrogen) atoms. The van der Waals surface area contributed by atoms with Crippen molar-refractivity contribution >= 4 is 58.0 Å². The van der Waals surface area contributed by atoms with Crippen molar-refractivity contribution < 1.29 is 14.3 Å². The van der Waals surface area contributed by atoms with Gasteiger partial charge in [-0.1, -0.05) is 46.4 Å². The van der Waals surface area contributed by atoms with E-state index in [1.807, 2.05) is 0 Å². The highest BCUT2D eigenvalue weighted by Gasteiger charge is 2.18. The number of halogens is 4. The van der Waals surface area contributed by atoms with Gasteiger partial charge < -0.3 is 14.8 Å². The van der Waals surface area contributed by atoms with Crippen molar-refractivity contribution in [3.63, 3.8) is 0 Å². The molecule has 0 saturated carbocycles. The molecule has 8 heteroatoms. The summed E-state index contributed by atoms with van der Waals surface area (Å²) in [6, 6.07) is 4.90. The van der Waals surface area contributed by atoms with Gasteiger partial charge in [0.2, 0.25) is 0 Å². The smallest absolute Gasteiger partial charge is 0.262 e. The van der Waals surface area contributed by atoms with Gasteiger partial charge in [0.15, 0.2) is 12.4 Å². The molecule has 0 saturated heterocycles. The zero-order valence-electron chi connectivity index (χ0n) is 13.7. The lowest BCUT2D eigenvalue weighted by molar-refractivity contribution is -0.118. The lowest BCUT2D eigenvalue weighted by atomic mass is 10.1. The fraction of sp³-hybridized carbons (Fsp3) is 0.235. The van der Waals surface area contributed by atoms with E-state index in [1.165, 1.54) is 7.11 Å². The van der Waals surface area contributed by atoms with Gasteiger partial charge in [0.05, 0.1) is 22.2 Å². The van der Waals surface area contributed by atoms with E-state index in [9.17, 15) is 4.79 Å². The van der Waals surface area contributed by atoms with E-state index in [0.29, 0.717) is 32.6 Å². The van der Waals surface area contributed by atoms with Crippen LogP contribution in [0.2, 0.25) is 20.1 Å². The molecule has 0 atom stereocenters. The summed E-state index contributed by atoms with van der Waals surface area (Å²) in [5, 5.41) is 4.08. The van der Waals surface area contributed by atoms with Gasteiger partial charge in [0.25, 0.3) is 5.91 Å². The third kappa shape index (κ3) is 4.45. The normalized spacial score (nSPS) is 10.5. The Labute approximate surface area is 165 Å². The molecule has 0 unspecified atom stereocenters. The summed E-state index contributed by atoms with van der Waals surface area (Å²) in [6.07, 6.45) is 0. The number of hydrogen-bond donors (Lipinski definition) is 1. The minimum atomic E-state index is -0.390. The van der Waals surface area contributed by atoms with Crippen LogP contribution < -0.4 is 14.8 Å². The SMILES string of the molecule is COc1ccc(NC(=O)COc2c(Cl)c(C)c(Cl)c(C)c2Cl)cc1Cl. The van der Waals surface area contributed by atoms with Crippen LogP contribution in [0.5, 0.6) is 11.5 Å². The number of methoxy groups -OCH3 is 1. The Bertz CT molecular complexity index is 795. The highest BCUT2D eigenvalue weighted by Crippen LogP contribution is 2.42. The van der Waals surface area contributed by atoms with Crippen molar-refractivity contribution in [2.75, 3.05) is 19.0 Å². The van der Waals surface area contributed by atoms with Crippen molar-refractivity contribution in [2.45, 2.75) is 13.8 Å². The first-order valence-corrected chi connectivity index (χ1v) is 8.67. The average molecular weight is 423 g/mol. The Kier molecular flexibility index (Phi) is 6.69. The Morgan fingerprint density at radius 3 is 2.16 bits per heavy atom. The number of amides is 1. The van der Waals surface area contributed by atoms with E-state index in [2.05, 4.69) is 5.32 Å². The van der Waals surface area contributed by atoms with E-state index in [0.717, 1.165) is 0 Å². The first kappa shape index (κ1) is 20.0. The van der Waals surface area contributed by atoms with Gasteiger partial charge in [-0.15, -0.1) is 0 Å². The van der Waals surface area contributed by atoms with Crippen LogP contribution in [0, 0.1) is 13.8 Å². The summed E-state index contributed by atoms with van der Waals surface area (Å²) in [5.74, 6) is 0.353. The highest BCUT2D eigenvalue weighted by molar-refractivity contribution is 6.42. The molecular formula is C17H15Cl4NO3. The minimum absolute atomic E-state index is 0.227. The van der Waals surface area contributed by atoms with Crippen LogP contribution in [0.4, 0.5) is 5.69 Å². The monoisotopic (exact) mass is 421 g/mol. The summed E-state index contributed by atoms with van der Waals surface area (Å²) in [5.41, 5.74) is 1.80. The molecule has 4 nitrogen and oxygen atoms in total. The number of hydrogen-bond acceptors (Lipinski definition) is 3. The number of nitrogens with one attached hydrogen (secondary N) is 1. The third-order valence-electron chi connectivity index (χ3n) is 3.50. The minimum Gasteiger partial charge on any atom is -0.495 e. The average Bonchev–Trinajstić information content (AvgIpc) is 2.58. The number of anilines is 1. The van der Waals surface area contributed by atoms with Crippen LogP contribution in [0.15, 0.2) is 18.2 Å². The molecule has 0 radical (unpaired) electrons. The van der Waals surface area contributed by atoms with Gasteiger partial charge in [0.1, 0.15) is 5.75 Å². The fourth-order valence-electron chi connectivity index (χ4n) is 2.12. The van der Waals surface area contributed by atoms with E-state index < -0.39 is 5.91 Å². The van der Waals surface area contributed by atoms with Gasteiger partial charge >= 0.3 is 0 Å². The van der Waals surface area contributed by atoms with E-state index in [4.69, 9.17) is 55.9 Å². The van der Waals surface area contributed by atoms with Crippen LogP contribution >= 0.6 is 46.4 Å². The highest BCUT2D eigenvalue weighted by atomic mass is 35.5. The van der Waals surface area contributed by atoms with Gasteiger partial charge in [0, 0.05) is 10.7 Å². The Morgan fingerprint density at radius 1 is 1.04 bits per heavy atom. The number of ether oxygens (including phenoxy) is 2. The molecule has 134 valence electrons. The maximum absolute atomic E-state index is 12.1. The van der Waals surface area contributed by atoms with Crippen LogP contribution in [0.1, 0.15) is 11.1 Å². The molecular weight excluding hydrogens is 408 g/mol. The topological polar surface area (TPSA) is 47.6 Å². The molecule has 0 aliphatic carbocycles. The molecule has 0 heterocycles. The van der Waals surface area contributed by atoms with Gasteiger partial charge in [-0.2, -0.15) is 0 Å². The van der Waals surface area contributed by atoms with Crippen LogP contribution in [-0.4, -0.2) is 19.6 Å². The Balaban J connectivity index is 2.09. The zero-order chi connectivity index (χ0) is 18.7. The van der Waals surface area contributed by atoms with Crippen molar-refractivity contribution in [1.29, 1.82) is 0 Å². The lowest BCUT2D eigenvalue weighted by Crippen LogP contribution is -2.20. The fourth-order valence-corrected chi connectivity index (χ4v) is 3.20. The largest absolute Gasteiger partial charge is 0.495 e. The summed E-state index contributed by atoms with van der Waals surface area (Å²) in [4.78, 5) is 12.1. The van der Waals surface area contributed by atoms with Crippen molar-refractivity contribution in [3.8, 4) is 11.5 Å². The van der Waals surface area contributed by atoms with Gasteiger partial charge in [-0.25, -0.2) is 0 Å². The molecule has 0 aliphatic heterocycles. The Morgan fingerprint density at radius 2 is 1.64 bits per heavy atom. The van der Waals surface area contributed by atoms with Crippen molar-refractivity contribution in [1.82, 2.24) is 0 Å². The molecule has 0 fully saturated rings. The lowest BCUT2D eigenvalue weighted by Gasteiger charge is -2.15. The van der Waals surface area contributed by atoms with E-state index >= 15 is 0 Å². The second-order valence-electron chi connectivity index (χ2n) is 5.21. The second-order valence-corrected chi connectivity index (χ2v) is 6.75. The molecule has 1 amide bonds. The molecule has 0 aliphatic rings. The Hall–Kier alpha value is -1.33. The molecule has 1 N–H and O–H groups in total. The van der Waals surface area contributed by atoms with Crippen LogP contribution in [0.3, 0.4) is 0 Å². The number of rotatable bonds is 5. The maximum Gasteiger partial charge on any atom is 0.262 e. The van der Waals surface area contributed by atoms with Crippen molar-refractivity contribution in [3.05, 3.63) is 49.4 Å². The van der Waals surface area contributed by atoms with Gasteiger partial charge in [-0.05, 0) is 43.2 Å². The van der Waals surface area contributed by atoms with Gasteiger partial charge in [-0.3, -0.25) is 4.79 Å². The number of benzene rings is 2. The molecule has 2 aromatic rings. The number of carbonyl (C=O) groups is 1. The molecule has 2 aromatic carbocycles. The van der Waals surface area contributed by atoms with Crippen LogP contribution in [0.25, 0.3) is 0 Å². The predicted octanol–water partition coefficient (Wildman–Crippen LogP) is 5.94. The maximum atomic E-state index is 12.1. The summed E-state index contributed by atoms with van der Waals surface area (Å²) in [7, 11) is 1.51. The first-order valence-electron chi connectivity index (χ1n) is 7.16. The number of carbonyl (C=O) groups excluding carboxylic acids is 1. The second kappa shape index (κ2) is 8.37. The summed E-state index contributed by atoms with van der Waals surface area (Å²) >= 11 is 24.6. The standard InChI is InChI=1S/C17H15Cl4NO3/c1-8-14(19)9(2)16(21)17(15(8)20)25-7-13(23)22-10-4-5-12(24-3)11(18)6-10/h4-6H,7H2,1-3H3,(H,22,23). The quantitative estimate of drug-likeness (QED) is 0.648. The molecule has 0 bridgehead atoms. The van der Waals surface area contributed by atoms with E-state index in [1.54, 1.807) is 32.0 Å². The third-order valence-corrected chi connectivity index (χ3v) is 5.27. The van der Waals surface area contributed by atoms with Crippen molar-refractivity contribution in [2.24, 2.45) is 0 Å². The molecule has 0 aromatic heterocycles. The zero-order valence-corrected chi connectivity index (χ0v) is 16.7. The first-order chi connectivity index (χ1) is 11.8. The summed E-state index contributed by atoms with van der Waals surface area (Å²) < 4.78 is 10.6. The van der Waals surface area contributed by atoms with Crippen LogP contribution in [-0.2, 0) is 4.79 Å². The molecule has 0 spiro atoms. The molecule has 2 rings (SSSR count). The van der Waals surface area contributed by atoms with E-state index in [-0.39, 0.29) is 22.4 Å².